The Labute approximate surface area is 150 Å². The molecule has 2 aliphatic rings. The van der Waals surface area contributed by atoms with Gasteiger partial charge in [-0.25, -0.2) is 0 Å². The fourth-order valence-electron chi connectivity index (χ4n) is 4.35. The second kappa shape index (κ2) is 7.05. The fraction of sp³-hybridized carbons (Fsp3) is 0.650. The van der Waals surface area contributed by atoms with Crippen LogP contribution in [-0.2, 0) is 16.8 Å². The number of nitrogens with zero attached hydrogens (tertiary/aromatic N) is 1. The number of alkyl halides is 1. The Morgan fingerprint density at radius 3 is 2.62 bits per heavy atom. The van der Waals surface area contributed by atoms with Crippen LogP contribution in [-0.4, -0.2) is 28.3 Å². The van der Waals surface area contributed by atoms with Crippen molar-refractivity contribution in [3.05, 3.63) is 34.9 Å². The van der Waals surface area contributed by atoms with E-state index in [4.69, 9.17) is 11.6 Å². The molecule has 1 saturated carbocycles. The largest absolute Gasteiger partial charge is 0.386 e. The van der Waals surface area contributed by atoms with Crippen molar-refractivity contribution >= 4 is 17.5 Å². The van der Waals surface area contributed by atoms with Crippen molar-refractivity contribution in [3.63, 3.8) is 0 Å². The molecule has 1 heterocycles. The number of fused-ring (bicyclic) bond motifs is 1. The van der Waals surface area contributed by atoms with Crippen LogP contribution < -0.4 is 0 Å². The van der Waals surface area contributed by atoms with E-state index in [1.807, 2.05) is 24.8 Å². The average Bonchev–Trinajstić information content (AvgIpc) is 2.59. The summed E-state index contributed by atoms with van der Waals surface area (Å²) in [5, 5.41) is 10.3. The lowest BCUT2D eigenvalue weighted by Gasteiger charge is -2.43. The van der Waals surface area contributed by atoms with Crippen LogP contribution in [0.1, 0.15) is 68.7 Å². The Morgan fingerprint density at radius 2 is 2.00 bits per heavy atom. The molecule has 1 atom stereocenters. The van der Waals surface area contributed by atoms with Crippen LogP contribution in [0.4, 0.5) is 0 Å². The summed E-state index contributed by atoms with van der Waals surface area (Å²) in [6, 6.07) is 6.43. The Hall–Kier alpha value is -1.06. The first-order valence-corrected chi connectivity index (χ1v) is 9.66. The average molecular weight is 350 g/mol. The first-order chi connectivity index (χ1) is 11.4. The topological polar surface area (TPSA) is 40.5 Å². The van der Waals surface area contributed by atoms with Gasteiger partial charge in [0.1, 0.15) is 5.88 Å². The minimum Gasteiger partial charge on any atom is -0.386 e. The van der Waals surface area contributed by atoms with E-state index < -0.39 is 5.60 Å². The smallest absolute Gasteiger partial charge is 0.238 e. The molecular weight excluding hydrogens is 322 g/mol. The molecule has 0 spiro atoms. The summed E-state index contributed by atoms with van der Waals surface area (Å²) in [6.07, 6.45) is 7.01. The van der Waals surface area contributed by atoms with Gasteiger partial charge in [0.05, 0.1) is 11.6 Å². The van der Waals surface area contributed by atoms with E-state index in [1.165, 1.54) is 43.2 Å². The van der Waals surface area contributed by atoms with Crippen molar-refractivity contribution in [1.82, 2.24) is 4.90 Å². The number of aliphatic hydroxyl groups is 1. The van der Waals surface area contributed by atoms with Gasteiger partial charge in [-0.2, -0.15) is 0 Å². The highest BCUT2D eigenvalue weighted by Crippen LogP contribution is 2.42. The van der Waals surface area contributed by atoms with Gasteiger partial charge in [-0.3, -0.25) is 4.79 Å². The summed E-state index contributed by atoms with van der Waals surface area (Å²) < 4.78 is 0. The number of benzene rings is 1. The summed E-state index contributed by atoms with van der Waals surface area (Å²) in [5.41, 5.74) is 2.66. The van der Waals surface area contributed by atoms with E-state index in [2.05, 4.69) is 12.1 Å². The molecule has 1 fully saturated rings. The highest BCUT2D eigenvalue weighted by molar-refractivity contribution is 6.27. The van der Waals surface area contributed by atoms with Crippen LogP contribution in [0.15, 0.2) is 18.2 Å². The van der Waals surface area contributed by atoms with Crippen LogP contribution in [0.25, 0.3) is 0 Å². The highest BCUT2D eigenvalue weighted by atomic mass is 35.5. The van der Waals surface area contributed by atoms with Gasteiger partial charge in [0, 0.05) is 6.54 Å². The number of hydrogen-bond donors (Lipinski definition) is 1. The summed E-state index contributed by atoms with van der Waals surface area (Å²) >= 11 is 5.88. The van der Waals surface area contributed by atoms with Crippen molar-refractivity contribution in [1.29, 1.82) is 0 Å². The third-order valence-corrected chi connectivity index (χ3v) is 5.89. The maximum atomic E-state index is 12.4. The van der Waals surface area contributed by atoms with E-state index in [0.717, 1.165) is 18.5 Å². The zero-order valence-electron chi connectivity index (χ0n) is 14.7. The van der Waals surface area contributed by atoms with Gasteiger partial charge < -0.3 is 10.0 Å². The monoisotopic (exact) mass is 349 g/mol. The molecule has 1 unspecified atom stereocenters. The lowest BCUT2D eigenvalue weighted by atomic mass is 9.76. The quantitative estimate of drug-likeness (QED) is 0.832. The maximum Gasteiger partial charge on any atom is 0.238 e. The van der Waals surface area contributed by atoms with Crippen LogP contribution >= 0.6 is 11.6 Å². The Balaban J connectivity index is 1.99. The highest BCUT2D eigenvalue weighted by Gasteiger charge is 2.36. The minimum absolute atomic E-state index is 0.0458. The van der Waals surface area contributed by atoms with E-state index in [9.17, 15) is 9.90 Å². The van der Waals surface area contributed by atoms with Gasteiger partial charge in [0.15, 0.2) is 0 Å². The Kier molecular flexibility index (Phi) is 5.22. The molecule has 0 bridgehead atoms. The molecule has 1 aliphatic heterocycles. The number of rotatable bonds is 3. The fourth-order valence-corrected chi connectivity index (χ4v) is 4.51. The van der Waals surface area contributed by atoms with Crippen LogP contribution in [0.2, 0.25) is 0 Å². The molecule has 1 aromatic rings. The normalized spacial score (nSPS) is 22.3. The standard InChI is InChI=1S/C20H28ClNO2/c1-20(2,24)16-8-9-17-15(12-16)10-11-22(18(23)13-21)19(17)14-6-4-3-5-7-14/h8-9,12,14,19,24H,3-7,10-11,13H2,1-2H3. The number of halogens is 1. The number of hydrogen-bond acceptors (Lipinski definition) is 2. The van der Waals surface area contributed by atoms with E-state index >= 15 is 0 Å². The molecule has 24 heavy (non-hydrogen) atoms. The van der Waals surface area contributed by atoms with Gasteiger partial charge in [-0.05, 0) is 55.7 Å². The molecule has 0 radical (unpaired) electrons. The zero-order chi connectivity index (χ0) is 17.3. The minimum atomic E-state index is -0.835. The number of carbonyl (C=O) groups excluding carboxylic acids is 1. The van der Waals surface area contributed by atoms with Crippen LogP contribution in [0.5, 0.6) is 0 Å². The molecule has 1 N–H and O–H groups in total. The first kappa shape index (κ1) is 17.8. The predicted octanol–water partition coefficient (Wildman–Crippen LogP) is 4.16. The molecule has 1 aliphatic carbocycles. The third-order valence-electron chi connectivity index (χ3n) is 5.66. The molecule has 3 rings (SSSR count). The summed E-state index contributed by atoms with van der Waals surface area (Å²) in [7, 11) is 0. The van der Waals surface area contributed by atoms with Crippen molar-refractivity contribution in [3.8, 4) is 0 Å². The first-order valence-electron chi connectivity index (χ1n) is 9.13. The van der Waals surface area contributed by atoms with Crippen molar-refractivity contribution in [2.45, 2.75) is 64.0 Å². The molecular formula is C20H28ClNO2. The van der Waals surface area contributed by atoms with Crippen molar-refractivity contribution < 1.29 is 9.90 Å². The predicted molar refractivity (Wildman–Crippen MR) is 97.1 cm³/mol. The summed E-state index contributed by atoms with van der Waals surface area (Å²) in [4.78, 5) is 14.4. The van der Waals surface area contributed by atoms with Gasteiger partial charge in [0.25, 0.3) is 0 Å². The van der Waals surface area contributed by atoms with E-state index in [-0.39, 0.29) is 17.8 Å². The van der Waals surface area contributed by atoms with Crippen molar-refractivity contribution in [2.24, 2.45) is 5.92 Å². The molecule has 1 aromatic carbocycles. The lowest BCUT2D eigenvalue weighted by Crippen LogP contribution is -2.44. The molecule has 1 amide bonds. The zero-order valence-corrected chi connectivity index (χ0v) is 15.5. The second-order valence-electron chi connectivity index (χ2n) is 7.79. The lowest BCUT2D eigenvalue weighted by molar-refractivity contribution is -0.133. The maximum absolute atomic E-state index is 12.4. The van der Waals surface area contributed by atoms with Crippen LogP contribution in [0.3, 0.4) is 0 Å². The number of carbonyl (C=O) groups is 1. The van der Waals surface area contributed by atoms with Gasteiger partial charge in [-0.1, -0.05) is 37.5 Å². The second-order valence-corrected chi connectivity index (χ2v) is 8.05. The summed E-state index contributed by atoms with van der Waals surface area (Å²) in [6.45, 7) is 4.37. The summed E-state index contributed by atoms with van der Waals surface area (Å²) in [5.74, 6) is 0.628. The van der Waals surface area contributed by atoms with Crippen LogP contribution in [0, 0.1) is 5.92 Å². The SMILES string of the molecule is CC(C)(O)c1ccc2c(c1)CCN(C(=O)CCl)C2C1CCCCC1. The van der Waals surface area contributed by atoms with Gasteiger partial charge >= 0.3 is 0 Å². The third kappa shape index (κ3) is 3.48. The number of amides is 1. The van der Waals surface area contributed by atoms with E-state index in [0.29, 0.717) is 5.92 Å². The molecule has 0 aromatic heterocycles. The van der Waals surface area contributed by atoms with Gasteiger partial charge in [0.2, 0.25) is 5.91 Å². The molecule has 132 valence electrons. The molecule has 4 heteroatoms. The van der Waals surface area contributed by atoms with Crippen molar-refractivity contribution in [2.75, 3.05) is 12.4 Å². The Morgan fingerprint density at radius 1 is 1.29 bits per heavy atom. The Bertz CT molecular complexity index is 602. The van der Waals surface area contributed by atoms with E-state index in [1.54, 1.807) is 0 Å². The molecule has 0 saturated heterocycles. The molecule has 3 nitrogen and oxygen atoms in total. The van der Waals surface area contributed by atoms with Gasteiger partial charge in [-0.15, -0.1) is 11.6 Å².